The minimum absolute atomic E-state index is 0.145. The number of aromatic nitrogens is 1. The quantitative estimate of drug-likeness (QED) is 0.246. The Balaban J connectivity index is 1.37. The third-order valence-corrected chi connectivity index (χ3v) is 6.85. The molecule has 2 N–H and O–H groups in total. The van der Waals surface area contributed by atoms with Gasteiger partial charge in [-0.05, 0) is 54.1 Å². The van der Waals surface area contributed by atoms with E-state index in [1.54, 1.807) is 13.0 Å². The molecule has 0 atom stereocenters. The fraction of sp³-hybridized carbons (Fsp3) is 0.241. The van der Waals surface area contributed by atoms with E-state index in [0.717, 1.165) is 71.6 Å². The van der Waals surface area contributed by atoms with Crippen LogP contribution in [-0.4, -0.2) is 47.1 Å². The molecule has 1 aliphatic rings. The van der Waals surface area contributed by atoms with Gasteiger partial charge in [-0.1, -0.05) is 36.4 Å². The maximum atomic E-state index is 12.9. The summed E-state index contributed by atoms with van der Waals surface area (Å²) in [7, 11) is 0. The highest BCUT2D eigenvalue weighted by Crippen LogP contribution is 2.34. The Bertz CT molecular complexity index is 1500. The molecule has 0 radical (unpaired) electrons. The molecule has 5 rings (SSSR count). The van der Waals surface area contributed by atoms with Crippen molar-refractivity contribution in [1.29, 1.82) is 0 Å². The Morgan fingerprint density at radius 1 is 0.974 bits per heavy atom. The van der Waals surface area contributed by atoms with Gasteiger partial charge in [0.2, 0.25) is 0 Å². The van der Waals surface area contributed by atoms with E-state index in [1.807, 2.05) is 49.5 Å². The smallest absolute Gasteiger partial charge is 0.323 e. The predicted octanol–water partition coefficient (Wildman–Crippen LogP) is 5.90. The molecule has 194 valence electrons. The zero-order chi connectivity index (χ0) is 26.6. The number of hydrogen-bond acceptors (Lipinski definition) is 6. The fourth-order valence-corrected chi connectivity index (χ4v) is 4.65. The van der Waals surface area contributed by atoms with Gasteiger partial charge in [0.1, 0.15) is 5.69 Å². The van der Waals surface area contributed by atoms with Gasteiger partial charge < -0.3 is 15.4 Å². The number of benzene rings is 3. The highest BCUT2D eigenvalue weighted by Gasteiger charge is 2.18. The van der Waals surface area contributed by atoms with Gasteiger partial charge in [-0.15, -0.1) is 0 Å². The molecule has 3 aromatic carbocycles. The molecular formula is C29H29N5O4. The first-order chi connectivity index (χ1) is 18.4. The normalized spacial score (nSPS) is 13.8. The standard InChI is InChI=1S/C29H29N5O4/c1-19-15-27(28(34(36)37)16-20(19)2)32-29(35)31-26-10-9-23(24-5-3-4-6-25(24)26)21-7-8-22(30-17-21)18-33-11-13-38-14-12-33/h3-10,15-17H,11-14,18H2,1-2H3,(H2,31,32,35). The van der Waals surface area contributed by atoms with Crippen molar-refractivity contribution in [3.63, 3.8) is 0 Å². The van der Waals surface area contributed by atoms with Gasteiger partial charge in [0, 0.05) is 42.8 Å². The van der Waals surface area contributed by atoms with Crippen molar-refractivity contribution >= 4 is 33.9 Å². The van der Waals surface area contributed by atoms with Gasteiger partial charge in [0.25, 0.3) is 5.69 Å². The zero-order valence-electron chi connectivity index (χ0n) is 21.4. The number of morpholine rings is 1. The second-order valence-electron chi connectivity index (χ2n) is 9.42. The van der Waals surface area contributed by atoms with Crippen molar-refractivity contribution in [1.82, 2.24) is 9.88 Å². The lowest BCUT2D eigenvalue weighted by atomic mass is 9.98. The lowest BCUT2D eigenvalue weighted by molar-refractivity contribution is -0.384. The minimum Gasteiger partial charge on any atom is -0.379 e. The summed E-state index contributed by atoms with van der Waals surface area (Å²) in [5.74, 6) is 0. The van der Waals surface area contributed by atoms with E-state index in [2.05, 4.69) is 27.7 Å². The zero-order valence-corrected chi connectivity index (χ0v) is 21.4. The van der Waals surface area contributed by atoms with Crippen LogP contribution in [0.4, 0.5) is 21.9 Å². The van der Waals surface area contributed by atoms with Gasteiger partial charge in [0.05, 0.1) is 29.5 Å². The van der Waals surface area contributed by atoms with Crippen LogP contribution >= 0.6 is 0 Å². The van der Waals surface area contributed by atoms with Gasteiger partial charge in [-0.2, -0.15) is 0 Å². The van der Waals surface area contributed by atoms with Crippen molar-refractivity contribution in [2.24, 2.45) is 0 Å². The number of nitro groups is 1. The van der Waals surface area contributed by atoms with E-state index in [1.165, 1.54) is 6.07 Å². The number of nitro benzene ring substituents is 1. The fourth-order valence-electron chi connectivity index (χ4n) is 4.65. The van der Waals surface area contributed by atoms with E-state index in [9.17, 15) is 14.9 Å². The van der Waals surface area contributed by atoms with Crippen LogP contribution in [0.15, 0.2) is 66.9 Å². The molecule has 1 aromatic heterocycles. The number of ether oxygens (including phenoxy) is 1. The van der Waals surface area contributed by atoms with Crippen molar-refractivity contribution in [2.45, 2.75) is 20.4 Å². The number of aryl methyl sites for hydroxylation is 2. The van der Waals surface area contributed by atoms with E-state index in [0.29, 0.717) is 5.69 Å². The minimum atomic E-state index is -0.552. The predicted molar refractivity (Wildman–Crippen MR) is 148 cm³/mol. The summed E-state index contributed by atoms with van der Waals surface area (Å²) in [5, 5.41) is 18.8. The summed E-state index contributed by atoms with van der Waals surface area (Å²) >= 11 is 0. The van der Waals surface area contributed by atoms with Crippen LogP contribution in [0.5, 0.6) is 0 Å². The van der Waals surface area contributed by atoms with Crippen molar-refractivity contribution < 1.29 is 14.5 Å². The third kappa shape index (κ3) is 5.49. The summed E-state index contributed by atoms with van der Waals surface area (Å²) in [6.45, 7) is 7.76. The first-order valence-corrected chi connectivity index (χ1v) is 12.5. The Labute approximate surface area is 220 Å². The molecule has 1 saturated heterocycles. The molecule has 0 bridgehead atoms. The lowest BCUT2D eigenvalue weighted by Gasteiger charge is -2.26. The molecule has 9 heteroatoms. The van der Waals surface area contributed by atoms with E-state index < -0.39 is 11.0 Å². The van der Waals surface area contributed by atoms with Crippen molar-refractivity contribution in [2.75, 3.05) is 36.9 Å². The van der Waals surface area contributed by atoms with Crippen LogP contribution in [0.3, 0.4) is 0 Å². The number of fused-ring (bicyclic) bond motifs is 1. The number of amides is 2. The number of urea groups is 1. The van der Waals surface area contributed by atoms with Crippen LogP contribution in [0.2, 0.25) is 0 Å². The number of carbonyl (C=O) groups excluding carboxylic acids is 1. The third-order valence-electron chi connectivity index (χ3n) is 6.85. The summed E-state index contributed by atoms with van der Waals surface area (Å²) < 4.78 is 5.42. The molecular weight excluding hydrogens is 482 g/mol. The number of anilines is 2. The second kappa shape index (κ2) is 11.0. The Kier molecular flexibility index (Phi) is 7.30. The number of rotatable bonds is 6. The van der Waals surface area contributed by atoms with Gasteiger partial charge in [-0.25, -0.2) is 4.79 Å². The molecule has 0 aliphatic carbocycles. The summed E-state index contributed by atoms with van der Waals surface area (Å²) in [4.78, 5) is 30.9. The van der Waals surface area contributed by atoms with Crippen molar-refractivity contribution in [3.05, 3.63) is 93.8 Å². The first-order valence-electron chi connectivity index (χ1n) is 12.5. The van der Waals surface area contributed by atoms with E-state index in [4.69, 9.17) is 9.72 Å². The second-order valence-corrected chi connectivity index (χ2v) is 9.42. The molecule has 38 heavy (non-hydrogen) atoms. The highest BCUT2D eigenvalue weighted by molar-refractivity contribution is 6.10. The van der Waals surface area contributed by atoms with Crippen molar-refractivity contribution in [3.8, 4) is 11.1 Å². The van der Waals surface area contributed by atoms with Crippen LogP contribution in [0.1, 0.15) is 16.8 Å². The first kappa shape index (κ1) is 25.3. The highest BCUT2D eigenvalue weighted by atomic mass is 16.6. The molecule has 1 aliphatic heterocycles. The number of nitrogens with zero attached hydrogens (tertiary/aromatic N) is 3. The summed E-state index contributed by atoms with van der Waals surface area (Å²) in [5.41, 5.74) is 5.24. The van der Waals surface area contributed by atoms with Gasteiger partial charge in [-0.3, -0.25) is 20.0 Å². The maximum Gasteiger partial charge on any atom is 0.323 e. The molecule has 4 aromatic rings. The van der Waals surface area contributed by atoms with Crippen LogP contribution in [0.25, 0.3) is 21.9 Å². The maximum absolute atomic E-state index is 12.9. The molecule has 2 heterocycles. The molecule has 0 unspecified atom stereocenters. The Morgan fingerprint density at radius 2 is 1.68 bits per heavy atom. The average molecular weight is 512 g/mol. The number of hydrogen-bond donors (Lipinski definition) is 2. The molecule has 2 amide bonds. The summed E-state index contributed by atoms with van der Waals surface area (Å²) in [6, 6.07) is 18.3. The van der Waals surface area contributed by atoms with E-state index >= 15 is 0 Å². The van der Waals surface area contributed by atoms with Gasteiger partial charge >= 0.3 is 6.03 Å². The van der Waals surface area contributed by atoms with Crippen LogP contribution in [0, 0.1) is 24.0 Å². The van der Waals surface area contributed by atoms with Crippen LogP contribution in [-0.2, 0) is 11.3 Å². The Morgan fingerprint density at radius 3 is 2.39 bits per heavy atom. The SMILES string of the molecule is Cc1cc(NC(=O)Nc2ccc(-c3ccc(CN4CCOCC4)nc3)c3ccccc23)c([N+](=O)[O-])cc1C. The Hall–Kier alpha value is -4.34. The molecule has 1 fully saturated rings. The molecule has 0 spiro atoms. The molecule has 0 saturated carbocycles. The van der Waals surface area contributed by atoms with Crippen LogP contribution < -0.4 is 10.6 Å². The monoisotopic (exact) mass is 511 g/mol. The van der Waals surface area contributed by atoms with E-state index in [-0.39, 0.29) is 11.4 Å². The average Bonchev–Trinajstić information content (AvgIpc) is 2.92. The number of nitrogens with one attached hydrogen (secondary N) is 2. The number of carbonyl (C=O) groups is 1. The topological polar surface area (TPSA) is 110 Å². The van der Waals surface area contributed by atoms with Gasteiger partial charge in [0.15, 0.2) is 0 Å². The molecule has 9 nitrogen and oxygen atoms in total. The lowest BCUT2D eigenvalue weighted by Crippen LogP contribution is -2.35. The largest absolute Gasteiger partial charge is 0.379 e. The number of pyridine rings is 1. The summed E-state index contributed by atoms with van der Waals surface area (Å²) in [6.07, 6.45) is 1.89.